The monoisotopic (exact) mass is 624 g/mol. The SMILES string of the molecule is COC(C1(O)C[C@H](O[Si](c2ccccc2)(c2ccccc2)C(C)(C)C)[C@@H]2[C@H]([C@@H]1COC(=O)C(C)(C)C)C2(C)C)[Si](C)(C)C. The van der Waals surface area contributed by atoms with Crippen molar-refractivity contribution in [2.45, 2.75) is 104 Å². The van der Waals surface area contributed by atoms with Gasteiger partial charge in [-0.15, -0.1) is 0 Å². The molecule has 2 fully saturated rings. The summed E-state index contributed by atoms with van der Waals surface area (Å²) in [6, 6.07) is 21.5. The Balaban J connectivity index is 1.86. The zero-order valence-electron chi connectivity index (χ0n) is 28.7. The van der Waals surface area contributed by atoms with Crippen molar-refractivity contribution in [1.29, 1.82) is 0 Å². The fourth-order valence-corrected chi connectivity index (χ4v) is 15.6. The van der Waals surface area contributed by atoms with E-state index in [2.05, 4.69) is 115 Å². The van der Waals surface area contributed by atoms with Crippen LogP contribution in [-0.4, -0.2) is 58.6 Å². The number of benzene rings is 2. The van der Waals surface area contributed by atoms with Crippen LogP contribution < -0.4 is 10.4 Å². The highest BCUT2D eigenvalue weighted by molar-refractivity contribution is 6.99. The molecule has 2 aromatic rings. The number of methoxy groups -OCH3 is 1. The Labute approximate surface area is 262 Å². The predicted molar refractivity (Wildman–Crippen MR) is 181 cm³/mol. The molecule has 0 saturated heterocycles. The van der Waals surface area contributed by atoms with E-state index in [4.69, 9.17) is 13.9 Å². The van der Waals surface area contributed by atoms with Gasteiger partial charge in [-0.3, -0.25) is 4.79 Å². The van der Waals surface area contributed by atoms with Gasteiger partial charge in [-0.05, 0) is 53.4 Å². The van der Waals surface area contributed by atoms with Crippen LogP contribution in [0.25, 0.3) is 0 Å². The lowest BCUT2D eigenvalue weighted by molar-refractivity contribution is -0.174. The van der Waals surface area contributed by atoms with Crippen molar-refractivity contribution in [3.63, 3.8) is 0 Å². The van der Waals surface area contributed by atoms with Gasteiger partial charge in [0.05, 0.1) is 37.5 Å². The minimum absolute atomic E-state index is 0.0862. The highest BCUT2D eigenvalue weighted by Crippen LogP contribution is 2.70. The molecule has 0 aromatic heterocycles. The molecule has 0 radical (unpaired) electrons. The van der Waals surface area contributed by atoms with Gasteiger partial charge in [-0.1, -0.05) is 115 Å². The van der Waals surface area contributed by atoms with Crippen LogP contribution in [-0.2, 0) is 18.7 Å². The van der Waals surface area contributed by atoms with E-state index >= 15 is 0 Å². The highest BCUT2D eigenvalue weighted by Gasteiger charge is 2.74. The molecule has 2 unspecified atom stereocenters. The lowest BCUT2D eigenvalue weighted by atomic mass is 9.74. The lowest BCUT2D eigenvalue weighted by Crippen LogP contribution is -2.70. The third kappa shape index (κ3) is 6.09. The first-order valence-electron chi connectivity index (χ1n) is 15.9. The van der Waals surface area contributed by atoms with Crippen molar-refractivity contribution >= 4 is 32.7 Å². The molecule has 2 saturated carbocycles. The summed E-state index contributed by atoms with van der Waals surface area (Å²) in [4.78, 5) is 13.0. The average Bonchev–Trinajstić information content (AvgIpc) is 3.47. The maximum atomic E-state index is 13.0. The van der Waals surface area contributed by atoms with Crippen LogP contribution in [0.1, 0.15) is 61.8 Å². The van der Waals surface area contributed by atoms with Gasteiger partial charge in [-0.25, -0.2) is 0 Å². The molecule has 2 aliphatic carbocycles. The van der Waals surface area contributed by atoms with Crippen molar-refractivity contribution in [2.24, 2.45) is 28.6 Å². The van der Waals surface area contributed by atoms with E-state index in [0.29, 0.717) is 6.42 Å². The second-order valence-corrected chi connectivity index (χ2v) is 26.3. The third-order valence-corrected chi connectivity index (χ3v) is 17.6. The minimum Gasteiger partial charge on any atom is -0.465 e. The highest BCUT2D eigenvalue weighted by atomic mass is 28.4. The van der Waals surface area contributed by atoms with Crippen molar-refractivity contribution in [3.8, 4) is 0 Å². The van der Waals surface area contributed by atoms with Gasteiger partial charge in [0.1, 0.15) is 0 Å². The number of hydrogen-bond donors (Lipinski definition) is 1. The van der Waals surface area contributed by atoms with E-state index in [-0.39, 0.29) is 52.6 Å². The molecular formula is C36H56O5Si2. The Hall–Kier alpha value is -1.78. The second kappa shape index (κ2) is 11.5. The average molecular weight is 625 g/mol. The first-order chi connectivity index (χ1) is 19.7. The van der Waals surface area contributed by atoms with Gasteiger partial charge < -0.3 is 19.0 Å². The summed E-state index contributed by atoms with van der Waals surface area (Å²) in [5.41, 5.74) is -2.25. The summed E-state index contributed by atoms with van der Waals surface area (Å²) in [6.45, 7) is 24.1. The lowest BCUT2D eigenvalue weighted by Gasteiger charge is -2.52. The molecule has 43 heavy (non-hydrogen) atoms. The summed E-state index contributed by atoms with van der Waals surface area (Å²) in [7, 11) is -3.20. The van der Waals surface area contributed by atoms with Gasteiger partial charge in [0.25, 0.3) is 8.32 Å². The maximum Gasteiger partial charge on any atom is 0.311 e. The normalized spacial score (nSPS) is 28.1. The predicted octanol–water partition coefficient (Wildman–Crippen LogP) is 6.44. The molecule has 2 aliphatic rings. The number of carbonyl (C=O) groups is 1. The minimum atomic E-state index is -2.88. The Morgan fingerprint density at radius 1 is 0.907 bits per heavy atom. The molecule has 7 heteroatoms. The van der Waals surface area contributed by atoms with Crippen molar-refractivity contribution in [3.05, 3.63) is 60.7 Å². The number of ether oxygens (including phenoxy) is 2. The summed E-state index contributed by atoms with van der Waals surface area (Å²) in [5, 5.41) is 15.3. The van der Waals surface area contributed by atoms with Gasteiger partial charge in [-0.2, -0.15) is 0 Å². The standard InChI is InChI=1S/C36H56O5Si2/c1-33(2,3)31(37)40-24-27-29-30(35(29,7)8)28(23-36(27,38)32(39-9)42(10,11)12)41-43(34(4,5)6,25-19-15-13-16-20-25)26-21-17-14-18-22-26/h13-22,27-30,32,38H,23-24H2,1-12H3/t27-,28-,29-,30+,32?,36?/m0/s1. The van der Waals surface area contributed by atoms with Crippen LogP contribution in [0.4, 0.5) is 0 Å². The van der Waals surface area contributed by atoms with Crippen molar-refractivity contribution < 1.29 is 23.8 Å². The molecule has 0 aliphatic heterocycles. The maximum absolute atomic E-state index is 13.0. The fraction of sp³-hybridized carbons (Fsp3) is 0.639. The van der Waals surface area contributed by atoms with Crippen LogP contribution in [0, 0.1) is 28.6 Å². The quantitative estimate of drug-likeness (QED) is 0.257. The first kappa shape index (κ1) is 34.1. The second-order valence-electron chi connectivity index (χ2n) is 16.8. The van der Waals surface area contributed by atoms with E-state index in [1.807, 2.05) is 20.8 Å². The number of carbonyl (C=O) groups excluding carboxylic acids is 1. The van der Waals surface area contributed by atoms with Crippen LogP contribution in [0.3, 0.4) is 0 Å². The number of rotatable bonds is 9. The third-order valence-electron chi connectivity index (χ3n) is 10.2. The molecule has 0 spiro atoms. The molecule has 2 aromatic carbocycles. The number of aliphatic hydroxyl groups is 1. The first-order valence-corrected chi connectivity index (χ1v) is 21.4. The summed E-state index contributed by atoms with van der Waals surface area (Å²) in [6.07, 6.45) is 0.266. The number of esters is 1. The molecule has 0 bridgehead atoms. The molecular weight excluding hydrogens is 569 g/mol. The van der Waals surface area contributed by atoms with E-state index in [9.17, 15) is 9.90 Å². The summed E-state index contributed by atoms with van der Waals surface area (Å²) < 4.78 is 20.0. The zero-order chi connectivity index (χ0) is 32.2. The topological polar surface area (TPSA) is 65.0 Å². The summed E-state index contributed by atoms with van der Waals surface area (Å²) in [5.74, 6) is -0.116. The Bertz CT molecular complexity index is 1220. The molecule has 0 heterocycles. The molecule has 6 atom stereocenters. The Kier molecular flexibility index (Phi) is 9.15. The van der Waals surface area contributed by atoms with Gasteiger partial charge in [0.2, 0.25) is 0 Å². The van der Waals surface area contributed by atoms with Gasteiger partial charge in [0, 0.05) is 19.4 Å². The van der Waals surface area contributed by atoms with Crippen molar-refractivity contribution in [2.75, 3.05) is 13.7 Å². The van der Waals surface area contributed by atoms with E-state index < -0.39 is 27.4 Å². The van der Waals surface area contributed by atoms with Crippen LogP contribution in [0.15, 0.2) is 60.7 Å². The molecule has 238 valence electrons. The van der Waals surface area contributed by atoms with Crippen LogP contribution in [0.2, 0.25) is 24.7 Å². The van der Waals surface area contributed by atoms with E-state index in [1.165, 1.54) is 10.4 Å². The molecule has 5 nitrogen and oxygen atoms in total. The number of hydrogen-bond acceptors (Lipinski definition) is 5. The van der Waals surface area contributed by atoms with Crippen LogP contribution >= 0.6 is 0 Å². The summed E-state index contributed by atoms with van der Waals surface area (Å²) >= 11 is 0. The van der Waals surface area contributed by atoms with Crippen LogP contribution in [0.5, 0.6) is 0 Å². The zero-order valence-corrected chi connectivity index (χ0v) is 30.7. The van der Waals surface area contributed by atoms with E-state index in [1.54, 1.807) is 7.11 Å². The molecule has 1 N–H and O–H groups in total. The smallest absolute Gasteiger partial charge is 0.311 e. The largest absolute Gasteiger partial charge is 0.465 e. The van der Waals surface area contributed by atoms with Gasteiger partial charge in [0.15, 0.2) is 0 Å². The Morgan fingerprint density at radius 3 is 1.79 bits per heavy atom. The number of fused-ring (bicyclic) bond motifs is 1. The van der Waals surface area contributed by atoms with Crippen molar-refractivity contribution in [1.82, 2.24) is 0 Å². The van der Waals surface area contributed by atoms with Gasteiger partial charge >= 0.3 is 5.97 Å². The van der Waals surface area contributed by atoms with E-state index in [0.717, 1.165) is 0 Å². The fourth-order valence-electron chi connectivity index (χ4n) is 8.38. The molecule has 0 amide bonds. The Morgan fingerprint density at radius 2 is 1.40 bits per heavy atom. The molecule has 4 rings (SSSR count).